The Hall–Kier alpha value is -0.0800. The predicted molar refractivity (Wildman–Crippen MR) is 36.4 cm³/mol. The Balaban J connectivity index is 2.95. The number of unbranched alkanes of at least 4 members (excludes halogenated alkanes) is 1. The first kappa shape index (κ1) is 8.92. The minimum Gasteiger partial charge on any atom is -0.396 e. The first-order valence-electron chi connectivity index (χ1n) is 3.45. The summed E-state index contributed by atoms with van der Waals surface area (Å²) in [6.07, 6.45) is 3.73. The number of hydrogen-bond acceptors (Lipinski definition) is 2. The van der Waals surface area contributed by atoms with Crippen LogP contribution < -0.4 is 0 Å². The van der Waals surface area contributed by atoms with Crippen molar-refractivity contribution in [3.8, 4) is 0 Å². The zero-order valence-electron chi connectivity index (χ0n) is 5.93. The van der Waals surface area contributed by atoms with Crippen LogP contribution in [0.4, 0.5) is 0 Å². The van der Waals surface area contributed by atoms with Crippen LogP contribution in [-0.4, -0.2) is 16.8 Å². The second-order valence-electron chi connectivity index (χ2n) is 2.14. The molecule has 55 valence electrons. The Labute approximate surface area is 56.5 Å². The molecular weight excluding hydrogens is 116 g/mol. The van der Waals surface area contributed by atoms with Gasteiger partial charge in [-0.2, -0.15) is 0 Å². The molecule has 0 fully saturated rings. The third kappa shape index (κ3) is 5.80. The largest absolute Gasteiger partial charge is 0.396 e. The molecule has 0 rings (SSSR count). The van der Waals surface area contributed by atoms with Crippen LogP contribution in [0.2, 0.25) is 0 Å². The van der Waals surface area contributed by atoms with E-state index in [0.717, 1.165) is 19.3 Å². The summed E-state index contributed by atoms with van der Waals surface area (Å²) in [5, 5.41) is 17.3. The average molecular weight is 131 g/mol. The molecule has 0 spiro atoms. The Morgan fingerprint density at radius 2 is 2.00 bits per heavy atom. The van der Waals surface area contributed by atoms with Gasteiger partial charge in [0.1, 0.15) is 0 Å². The lowest BCUT2D eigenvalue weighted by molar-refractivity contribution is 0.210. The zero-order valence-corrected chi connectivity index (χ0v) is 5.93. The van der Waals surface area contributed by atoms with Crippen molar-refractivity contribution in [2.24, 2.45) is 0 Å². The summed E-state index contributed by atoms with van der Waals surface area (Å²) in [4.78, 5) is 0. The summed E-state index contributed by atoms with van der Waals surface area (Å²) in [7, 11) is 0. The van der Waals surface area contributed by atoms with Gasteiger partial charge in [-0.25, -0.2) is 0 Å². The standard InChI is InChI=1S/C7H15O2/c1-2-3-4-7(9)5-6-8/h8-9H,2-6H2,1H3. The van der Waals surface area contributed by atoms with Gasteiger partial charge in [0, 0.05) is 13.0 Å². The van der Waals surface area contributed by atoms with E-state index in [1.807, 2.05) is 0 Å². The van der Waals surface area contributed by atoms with Crippen molar-refractivity contribution in [1.82, 2.24) is 0 Å². The normalized spacial score (nSPS) is 10.7. The predicted octanol–water partition coefficient (Wildman–Crippen LogP) is 1.46. The first-order valence-corrected chi connectivity index (χ1v) is 3.45. The molecule has 1 radical (unpaired) electrons. The van der Waals surface area contributed by atoms with Crippen molar-refractivity contribution in [3.63, 3.8) is 0 Å². The quantitative estimate of drug-likeness (QED) is 0.593. The van der Waals surface area contributed by atoms with Gasteiger partial charge in [0.2, 0.25) is 0 Å². The molecule has 0 aromatic rings. The van der Waals surface area contributed by atoms with Crippen LogP contribution in [0.5, 0.6) is 0 Å². The smallest absolute Gasteiger partial charge is 0.0956 e. The lowest BCUT2D eigenvalue weighted by Crippen LogP contribution is -1.98. The molecule has 0 atom stereocenters. The van der Waals surface area contributed by atoms with E-state index in [2.05, 4.69) is 6.92 Å². The molecule has 2 nitrogen and oxygen atoms in total. The van der Waals surface area contributed by atoms with E-state index in [4.69, 9.17) is 10.2 Å². The van der Waals surface area contributed by atoms with Gasteiger partial charge < -0.3 is 10.2 Å². The molecule has 0 bridgehead atoms. The van der Waals surface area contributed by atoms with Crippen LogP contribution in [-0.2, 0) is 0 Å². The highest BCUT2D eigenvalue weighted by atomic mass is 16.3. The maximum atomic E-state index is 8.94. The minimum atomic E-state index is 0.0650. The molecule has 0 aromatic carbocycles. The van der Waals surface area contributed by atoms with Crippen LogP contribution in [0, 0.1) is 6.10 Å². The monoisotopic (exact) mass is 131 g/mol. The lowest BCUT2D eigenvalue weighted by Gasteiger charge is -2.04. The minimum absolute atomic E-state index is 0.0650. The third-order valence-corrected chi connectivity index (χ3v) is 1.22. The molecule has 0 aliphatic rings. The van der Waals surface area contributed by atoms with Gasteiger partial charge in [-0.1, -0.05) is 19.8 Å². The fourth-order valence-corrected chi connectivity index (χ4v) is 0.635. The maximum Gasteiger partial charge on any atom is 0.0956 e. The van der Waals surface area contributed by atoms with E-state index in [-0.39, 0.29) is 6.61 Å². The van der Waals surface area contributed by atoms with Crippen LogP contribution >= 0.6 is 0 Å². The van der Waals surface area contributed by atoms with Gasteiger partial charge in [0.25, 0.3) is 0 Å². The zero-order chi connectivity index (χ0) is 7.11. The lowest BCUT2D eigenvalue weighted by atomic mass is 10.1. The topological polar surface area (TPSA) is 40.5 Å². The van der Waals surface area contributed by atoms with E-state index < -0.39 is 0 Å². The van der Waals surface area contributed by atoms with E-state index in [1.54, 1.807) is 0 Å². The highest BCUT2D eigenvalue weighted by Crippen LogP contribution is 2.09. The Morgan fingerprint density at radius 3 is 2.44 bits per heavy atom. The number of rotatable bonds is 5. The first-order chi connectivity index (χ1) is 4.31. The van der Waals surface area contributed by atoms with Crippen LogP contribution in [0.1, 0.15) is 32.6 Å². The average Bonchev–Trinajstić information content (AvgIpc) is 1.85. The van der Waals surface area contributed by atoms with Gasteiger partial charge in [-0.3, -0.25) is 0 Å². The third-order valence-electron chi connectivity index (χ3n) is 1.22. The van der Waals surface area contributed by atoms with Crippen molar-refractivity contribution >= 4 is 0 Å². The molecule has 2 N–H and O–H groups in total. The summed E-state index contributed by atoms with van der Waals surface area (Å²) < 4.78 is 0. The molecular formula is C7H15O2. The van der Waals surface area contributed by atoms with Gasteiger partial charge in [0.05, 0.1) is 6.10 Å². The number of aliphatic hydroxyl groups excluding tert-OH is 2. The highest BCUT2D eigenvalue weighted by Gasteiger charge is 2.01. The fraction of sp³-hybridized carbons (Fsp3) is 0.857. The SMILES string of the molecule is CCCC[C](O)CCO. The van der Waals surface area contributed by atoms with Crippen molar-refractivity contribution in [1.29, 1.82) is 0 Å². The summed E-state index contributed by atoms with van der Waals surface area (Å²) >= 11 is 0. The molecule has 0 amide bonds. The summed E-state index contributed by atoms with van der Waals surface area (Å²) in [6, 6.07) is 0. The molecule has 0 aromatic heterocycles. The molecule has 0 saturated heterocycles. The number of aliphatic hydroxyl groups is 2. The summed E-state index contributed by atoms with van der Waals surface area (Å²) in [5.74, 6) is 0. The van der Waals surface area contributed by atoms with Crippen LogP contribution in [0.25, 0.3) is 0 Å². The molecule has 2 heteroatoms. The Morgan fingerprint density at radius 1 is 1.33 bits per heavy atom. The van der Waals surface area contributed by atoms with Crippen LogP contribution in [0.15, 0.2) is 0 Å². The number of hydrogen-bond donors (Lipinski definition) is 2. The Bertz CT molecular complexity index is 54.9. The van der Waals surface area contributed by atoms with Crippen molar-refractivity contribution < 1.29 is 10.2 Å². The molecule has 0 saturated carbocycles. The second-order valence-corrected chi connectivity index (χ2v) is 2.14. The van der Waals surface area contributed by atoms with E-state index in [1.165, 1.54) is 0 Å². The molecule has 0 unspecified atom stereocenters. The summed E-state index contributed by atoms with van der Waals surface area (Å²) in [6.45, 7) is 2.14. The van der Waals surface area contributed by atoms with E-state index in [0.29, 0.717) is 12.5 Å². The second kappa shape index (κ2) is 6.05. The van der Waals surface area contributed by atoms with Crippen LogP contribution in [0.3, 0.4) is 0 Å². The molecule has 9 heavy (non-hydrogen) atoms. The van der Waals surface area contributed by atoms with Crippen molar-refractivity contribution in [2.45, 2.75) is 32.6 Å². The van der Waals surface area contributed by atoms with Crippen molar-refractivity contribution in [3.05, 3.63) is 6.10 Å². The molecule has 0 heterocycles. The van der Waals surface area contributed by atoms with Gasteiger partial charge in [-0.15, -0.1) is 0 Å². The van der Waals surface area contributed by atoms with E-state index >= 15 is 0 Å². The van der Waals surface area contributed by atoms with Gasteiger partial charge in [-0.05, 0) is 6.42 Å². The molecule has 0 aliphatic carbocycles. The maximum absolute atomic E-state index is 8.94. The summed E-state index contributed by atoms with van der Waals surface area (Å²) in [5.41, 5.74) is 0. The van der Waals surface area contributed by atoms with Gasteiger partial charge >= 0.3 is 0 Å². The highest BCUT2D eigenvalue weighted by molar-refractivity contribution is 4.73. The fourth-order valence-electron chi connectivity index (χ4n) is 0.635. The Kier molecular flexibility index (Phi) is 5.99. The van der Waals surface area contributed by atoms with Gasteiger partial charge in [0.15, 0.2) is 0 Å². The van der Waals surface area contributed by atoms with E-state index in [9.17, 15) is 0 Å². The van der Waals surface area contributed by atoms with Crippen molar-refractivity contribution in [2.75, 3.05) is 6.61 Å². The molecule has 0 aliphatic heterocycles.